The van der Waals surface area contributed by atoms with Gasteiger partial charge in [0, 0.05) is 43.1 Å². The summed E-state index contributed by atoms with van der Waals surface area (Å²) in [5.74, 6) is -1.28. The van der Waals surface area contributed by atoms with Crippen molar-refractivity contribution in [2.75, 3.05) is 32.1 Å². The molecule has 1 saturated carbocycles. The van der Waals surface area contributed by atoms with Crippen LogP contribution in [0.3, 0.4) is 0 Å². The first-order chi connectivity index (χ1) is 14.8. The Morgan fingerprint density at radius 1 is 1.26 bits per heavy atom. The summed E-state index contributed by atoms with van der Waals surface area (Å²) >= 11 is 0. The highest BCUT2D eigenvalue weighted by Gasteiger charge is 2.80. The number of hydrogen-bond acceptors (Lipinski definition) is 7. The highest BCUT2D eigenvalue weighted by Crippen LogP contribution is 2.67. The Balaban J connectivity index is 1.87. The first-order valence-electron chi connectivity index (χ1n) is 11.0. The molecule has 4 aliphatic rings. The van der Waals surface area contributed by atoms with Gasteiger partial charge in [0.2, 0.25) is 5.60 Å². The quantitative estimate of drug-likeness (QED) is 0.581. The van der Waals surface area contributed by atoms with Gasteiger partial charge in [0.15, 0.2) is 6.10 Å². The zero-order valence-electron chi connectivity index (χ0n) is 18.5. The zero-order chi connectivity index (χ0) is 22.2. The number of carbonyl (C=O) groups is 2. The molecule has 1 aliphatic carbocycles. The van der Waals surface area contributed by atoms with E-state index in [-0.39, 0.29) is 6.04 Å². The summed E-state index contributed by atoms with van der Waals surface area (Å²) in [4.78, 5) is 30.1. The standard InChI is InChI=1S/C24H30N2O5/c1-5-22-11-8-13-26-14-12-23(18(22)26)16-9-6-7-10-17(16)25(3)19(23)24(29,21(28)30-4)20(22)31-15(2)27/h6-11,18-20,29H,5,12-14H2,1-4H3/t18-,19+,20+,22-,23+,24-/m1/s1. The molecule has 0 aromatic heterocycles. The summed E-state index contributed by atoms with van der Waals surface area (Å²) in [6.45, 7) is 5.02. The molecule has 0 bridgehead atoms. The molecule has 6 atom stereocenters. The van der Waals surface area contributed by atoms with Crippen LogP contribution in [0.25, 0.3) is 0 Å². The van der Waals surface area contributed by atoms with E-state index < -0.39 is 40.5 Å². The number of hydrogen-bond donors (Lipinski definition) is 1. The molecule has 7 heteroatoms. The van der Waals surface area contributed by atoms with Gasteiger partial charge in [-0.3, -0.25) is 9.69 Å². The van der Waals surface area contributed by atoms with Crippen LogP contribution in [-0.2, 0) is 24.5 Å². The van der Waals surface area contributed by atoms with Crippen molar-refractivity contribution in [3.05, 3.63) is 42.0 Å². The van der Waals surface area contributed by atoms with Crippen molar-refractivity contribution in [3.63, 3.8) is 0 Å². The number of fused-ring (bicyclic) bond motifs is 1. The Morgan fingerprint density at radius 2 is 2.00 bits per heavy atom. The molecule has 1 saturated heterocycles. The van der Waals surface area contributed by atoms with Crippen molar-refractivity contribution < 1.29 is 24.2 Å². The van der Waals surface area contributed by atoms with Gasteiger partial charge in [-0.05, 0) is 31.0 Å². The normalized spacial score (nSPS) is 40.2. The molecule has 7 nitrogen and oxygen atoms in total. The summed E-state index contributed by atoms with van der Waals surface area (Å²) in [6, 6.07) is 7.53. The maximum absolute atomic E-state index is 13.4. The third-order valence-electron chi connectivity index (χ3n) is 8.32. The lowest BCUT2D eigenvalue weighted by molar-refractivity contribution is -0.228. The molecule has 1 N–H and O–H groups in total. The maximum atomic E-state index is 13.4. The number of likely N-dealkylation sites (N-methyl/N-ethyl adjacent to an activating group) is 1. The van der Waals surface area contributed by atoms with Crippen molar-refractivity contribution in [1.29, 1.82) is 0 Å². The van der Waals surface area contributed by atoms with Gasteiger partial charge < -0.3 is 19.5 Å². The molecule has 0 amide bonds. The second-order valence-electron chi connectivity index (χ2n) is 9.39. The fraction of sp³-hybridized carbons (Fsp3) is 0.583. The smallest absolute Gasteiger partial charge is 0.344 e. The van der Waals surface area contributed by atoms with Crippen LogP contribution in [0.5, 0.6) is 0 Å². The molecule has 5 rings (SSSR count). The van der Waals surface area contributed by atoms with Crippen molar-refractivity contribution >= 4 is 17.6 Å². The largest absolute Gasteiger partial charge is 0.467 e. The zero-order valence-corrected chi connectivity index (χ0v) is 18.5. The first kappa shape index (κ1) is 20.5. The second-order valence-corrected chi connectivity index (χ2v) is 9.39. The number of aliphatic hydroxyl groups is 1. The topological polar surface area (TPSA) is 79.3 Å². The van der Waals surface area contributed by atoms with E-state index in [0.717, 1.165) is 30.8 Å². The fourth-order valence-corrected chi connectivity index (χ4v) is 7.53. The van der Waals surface area contributed by atoms with Crippen LogP contribution < -0.4 is 4.90 Å². The molecule has 3 heterocycles. The summed E-state index contributed by atoms with van der Waals surface area (Å²) in [6.07, 6.45) is 4.52. The minimum atomic E-state index is -2.03. The SMILES string of the molecule is CC[C@]12C=CCN3CC[C@]4(c5ccccc5N(C)[C@@H]4[C@](O)(C(=O)OC)[C@H]1OC(C)=O)[C@H]32. The Kier molecular flexibility index (Phi) is 4.34. The number of nitrogens with zero attached hydrogens (tertiary/aromatic N) is 2. The molecule has 31 heavy (non-hydrogen) atoms. The lowest BCUT2D eigenvalue weighted by Gasteiger charge is -2.63. The van der Waals surface area contributed by atoms with Crippen molar-refractivity contribution in [3.8, 4) is 0 Å². The Labute approximate surface area is 182 Å². The predicted molar refractivity (Wildman–Crippen MR) is 115 cm³/mol. The minimum Gasteiger partial charge on any atom is -0.467 e. The van der Waals surface area contributed by atoms with Crippen LogP contribution >= 0.6 is 0 Å². The van der Waals surface area contributed by atoms with E-state index in [4.69, 9.17) is 9.47 Å². The summed E-state index contributed by atoms with van der Waals surface area (Å²) in [5.41, 5.74) is -1.10. The molecule has 1 spiro atoms. The first-order valence-corrected chi connectivity index (χ1v) is 11.0. The average Bonchev–Trinajstić information content (AvgIpc) is 3.28. The van der Waals surface area contributed by atoms with E-state index in [2.05, 4.69) is 23.1 Å². The average molecular weight is 427 g/mol. The van der Waals surface area contributed by atoms with Gasteiger partial charge in [-0.25, -0.2) is 4.79 Å². The molecule has 1 aromatic carbocycles. The molecule has 2 fully saturated rings. The van der Waals surface area contributed by atoms with Gasteiger partial charge in [-0.1, -0.05) is 37.3 Å². The number of para-hydroxylation sites is 1. The number of anilines is 1. The van der Waals surface area contributed by atoms with E-state index in [1.54, 1.807) is 0 Å². The van der Waals surface area contributed by atoms with E-state index in [1.807, 2.05) is 37.1 Å². The lowest BCUT2D eigenvalue weighted by atomic mass is 9.47. The van der Waals surface area contributed by atoms with Crippen molar-refractivity contribution in [2.24, 2.45) is 5.41 Å². The fourth-order valence-electron chi connectivity index (χ4n) is 7.53. The highest BCUT2D eigenvalue weighted by atomic mass is 16.6. The van der Waals surface area contributed by atoms with E-state index in [0.29, 0.717) is 6.42 Å². The van der Waals surface area contributed by atoms with Crippen LogP contribution in [0.15, 0.2) is 36.4 Å². The third-order valence-corrected chi connectivity index (χ3v) is 8.32. The number of benzene rings is 1. The molecule has 0 radical (unpaired) electrons. The van der Waals surface area contributed by atoms with Crippen LogP contribution in [0.4, 0.5) is 5.69 Å². The number of rotatable bonds is 3. The van der Waals surface area contributed by atoms with Crippen LogP contribution in [0, 0.1) is 5.41 Å². The molecule has 3 aliphatic heterocycles. The van der Waals surface area contributed by atoms with E-state index in [1.165, 1.54) is 14.0 Å². The van der Waals surface area contributed by atoms with Crippen LogP contribution in [0.1, 0.15) is 32.3 Å². The number of carbonyl (C=O) groups excluding carboxylic acids is 2. The van der Waals surface area contributed by atoms with Gasteiger partial charge in [-0.2, -0.15) is 0 Å². The molecular formula is C24H30N2O5. The third kappa shape index (κ3) is 2.21. The minimum absolute atomic E-state index is 0.0135. The summed E-state index contributed by atoms with van der Waals surface area (Å²) in [7, 11) is 3.19. The van der Waals surface area contributed by atoms with Gasteiger partial charge in [0.05, 0.1) is 13.2 Å². The number of ether oxygens (including phenoxy) is 2. The molecule has 0 unspecified atom stereocenters. The van der Waals surface area contributed by atoms with Gasteiger partial charge in [0.25, 0.3) is 0 Å². The Bertz CT molecular complexity index is 978. The molecule has 166 valence electrons. The molecular weight excluding hydrogens is 396 g/mol. The van der Waals surface area contributed by atoms with Crippen molar-refractivity contribution in [1.82, 2.24) is 4.90 Å². The number of esters is 2. The lowest BCUT2D eigenvalue weighted by Crippen LogP contribution is -2.81. The van der Waals surface area contributed by atoms with Gasteiger partial charge in [0.1, 0.15) is 0 Å². The summed E-state index contributed by atoms with van der Waals surface area (Å²) in [5, 5.41) is 12.4. The Morgan fingerprint density at radius 3 is 2.68 bits per heavy atom. The Hall–Kier alpha value is -2.38. The highest BCUT2D eigenvalue weighted by molar-refractivity contribution is 5.86. The number of methoxy groups -OCH3 is 1. The maximum Gasteiger partial charge on any atom is 0.344 e. The van der Waals surface area contributed by atoms with E-state index >= 15 is 0 Å². The summed E-state index contributed by atoms with van der Waals surface area (Å²) < 4.78 is 11.1. The van der Waals surface area contributed by atoms with Gasteiger partial charge in [-0.15, -0.1) is 0 Å². The van der Waals surface area contributed by atoms with Crippen LogP contribution in [0.2, 0.25) is 0 Å². The van der Waals surface area contributed by atoms with Crippen molar-refractivity contribution in [2.45, 2.75) is 55.9 Å². The second kappa shape index (κ2) is 6.56. The monoisotopic (exact) mass is 426 g/mol. The van der Waals surface area contributed by atoms with Gasteiger partial charge >= 0.3 is 11.9 Å². The van der Waals surface area contributed by atoms with E-state index in [9.17, 15) is 14.7 Å². The molecule has 1 aromatic rings. The predicted octanol–water partition coefficient (Wildman–Crippen LogP) is 1.63. The van der Waals surface area contributed by atoms with Crippen LogP contribution in [-0.4, -0.2) is 73.0 Å².